The zero-order valence-corrected chi connectivity index (χ0v) is 13.8. The van der Waals surface area contributed by atoms with Crippen LogP contribution >= 0.6 is 0 Å². The quantitative estimate of drug-likeness (QED) is 0.908. The Morgan fingerprint density at radius 1 is 1.05 bits per heavy atom. The van der Waals surface area contributed by atoms with E-state index in [1.165, 1.54) is 19.3 Å². The number of hydrogen-bond donors (Lipinski definition) is 1. The Morgan fingerprint density at radius 2 is 1.64 bits per heavy atom. The Bertz CT molecular complexity index is 504. The molecule has 1 aliphatic rings. The van der Waals surface area contributed by atoms with Crippen molar-refractivity contribution in [3.8, 4) is 17.2 Å². The molecular weight excluding hydrogens is 282 g/mol. The fourth-order valence-corrected chi connectivity index (χ4v) is 2.99. The summed E-state index contributed by atoms with van der Waals surface area (Å²) in [6.07, 6.45) is 4.62. The third-order valence-corrected chi connectivity index (χ3v) is 4.35. The van der Waals surface area contributed by atoms with Gasteiger partial charge in [-0.05, 0) is 30.9 Å². The van der Waals surface area contributed by atoms with Crippen LogP contribution in [-0.2, 0) is 0 Å². The standard InChI is InChI=1S/C17H25NO4/c1-11-7-5-6-8-13(11)18-17(19)12-9-14(20-2)16(22-4)15(10-12)21-3/h9-11,13H,5-8H2,1-4H3,(H,18,19)/t11-,13-/m1/s1. The lowest BCUT2D eigenvalue weighted by atomic mass is 9.86. The second-order valence-corrected chi connectivity index (χ2v) is 5.76. The first-order chi connectivity index (χ1) is 10.6. The first-order valence-corrected chi connectivity index (χ1v) is 7.71. The second kappa shape index (κ2) is 7.38. The lowest BCUT2D eigenvalue weighted by Gasteiger charge is -2.29. The van der Waals surface area contributed by atoms with Crippen molar-refractivity contribution in [2.45, 2.75) is 38.6 Å². The number of nitrogens with one attached hydrogen (secondary N) is 1. The number of carbonyl (C=O) groups excluding carboxylic acids is 1. The summed E-state index contributed by atoms with van der Waals surface area (Å²) in [4.78, 5) is 12.5. The molecule has 5 heteroatoms. The van der Waals surface area contributed by atoms with Crippen LogP contribution in [0.25, 0.3) is 0 Å². The second-order valence-electron chi connectivity index (χ2n) is 5.76. The smallest absolute Gasteiger partial charge is 0.251 e. The number of benzene rings is 1. The van der Waals surface area contributed by atoms with Gasteiger partial charge in [0.15, 0.2) is 11.5 Å². The SMILES string of the molecule is COc1cc(C(=O)N[C@@H]2CCCC[C@H]2C)cc(OC)c1OC. The van der Waals surface area contributed by atoms with Crippen molar-refractivity contribution in [3.05, 3.63) is 17.7 Å². The zero-order valence-electron chi connectivity index (χ0n) is 13.8. The molecule has 0 saturated heterocycles. The van der Waals surface area contributed by atoms with Gasteiger partial charge in [-0.1, -0.05) is 19.8 Å². The van der Waals surface area contributed by atoms with Gasteiger partial charge in [-0.3, -0.25) is 4.79 Å². The summed E-state index contributed by atoms with van der Waals surface area (Å²) in [7, 11) is 4.63. The highest BCUT2D eigenvalue weighted by Gasteiger charge is 2.24. The van der Waals surface area contributed by atoms with Crippen molar-refractivity contribution in [1.82, 2.24) is 5.32 Å². The minimum Gasteiger partial charge on any atom is -0.493 e. The summed E-state index contributed by atoms with van der Waals surface area (Å²) in [5.41, 5.74) is 0.521. The molecule has 1 aromatic rings. The van der Waals surface area contributed by atoms with Crippen LogP contribution < -0.4 is 19.5 Å². The summed E-state index contributed by atoms with van der Waals surface area (Å²) in [6, 6.07) is 3.61. The molecule has 0 spiro atoms. The van der Waals surface area contributed by atoms with E-state index in [2.05, 4.69) is 12.2 Å². The first-order valence-electron chi connectivity index (χ1n) is 7.71. The van der Waals surface area contributed by atoms with E-state index in [9.17, 15) is 4.79 Å². The van der Waals surface area contributed by atoms with Crippen molar-refractivity contribution in [1.29, 1.82) is 0 Å². The third kappa shape index (κ3) is 3.46. The fraction of sp³-hybridized carbons (Fsp3) is 0.588. The van der Waals surface area contributed by atoms with Crippen LogP contribution in [0.4, 0.5) is 0 Å². The minimum absolute atomic E-state index is 0.0991. The molecule has 1 aromatic carbocycles. The normalized spacial score (nSPS) is 21.1. The summed E-state index contributed by atoms with van der Waals surface area (Å²) in [5, 5.41) is 3.13. The number of hydrogen-bond acceptors (Lipinski definition) is 4. The van der Waals surface area contributed by atoms with Gasteiger partial charge >= 0.3 is 0 Å². The van der Waals surface area contributed by atoms with Crippen molar-refractivity contribution < 1.29 is 19.0 Å². The van der Waals surface area contributed by atoms with E-state index in [1.807, 2.05) is 0 Å². The van der Waals surface area contributed by atoms with Gasteiger partial charge in [0.2, 0.25) is 5.75 Å². The maximum absolute atomic E-state index is 12.5. The van der Waals surface area contributed by atoms with E-state index in [0.717, 1.165) is 6.42 Å². The van der Waals surface area contributed by atoms with E-state index in [-0.39, 0.29) is 11.9 Å². The Morgan fingerprint density at radius 3 is 2.14 bits per heavy atom. The number of ether oxygens (including phenoxy) is 3. The van der Waals surface area contributed by atoms with Crippen molar-refractivity contribution in [3.63, 3.8) is 0 Å². The lowest BCUT2D eigenvalue weighted by molar-refractivity contribution is 0.0909. The Kier molecular flexibility index (Phi) is 5.52. The van der Waals surface area contributed by atoms with E-state index < -0.39 is 0 Å². The molecule has 1 amide bonds. The van der Waals surface area contributed by atoms with E-state index in [1.54, 1.807) is 33.5 Å². The van der Waals surface area contributed by atoms with Gasteiger partial charge < -0.3 is 19.5 Å². The highest BCUT2D eigenvalue weighted by Crippen LogP contribution is 2.38. The van der Waals surface area contributed by atoms with Crippen LogP contribution in [0.2, 0.25) is 0 Å². The van der Waals surface area contributed by atoms with Crippen molar-refractivity contribution in [2.24, 2.45) is 5.92 Å². The molecule has 0 aliphatic heterocycles. The summed E-state index contributed by atoms with van der Waals surface area (Å²) >= 11 is 0. The molecule has 22 heavy (non-hydrogen) atoms. The predicted octanol–water partition coefficient (Wildman–Crippen LogP) is 3.02. The minimum atomic E-state index is -0.0991. The third-order valence-electron chi connectivity index (χ3n) is 4.35. The molecule has 0 aromatic heterocycles. The summed E-state index contributed by atoms with van der Waals surface area (Å²) in [6.45, 7) is 2.19. The Balaban J connectivity index is 2.21. The maximum atomic E-state index is 12.5. The van der Waals surface area contributed by atoms with Gasteiger partial charge in [0.05, 0.1) is 21.3 Å². The molecule has 2 atom stereocenters. The molecule has 1 fully saturated rings. The molecule has 122 valence electrons. The predicted molar refractivity (Wildman–Crippen MR) is 85.0 cm³/mol. The van der Waals surface area contributed by atoms with Crippen LogP contribution in [0.15, 0.2) is 12.1 Å². The summed E-state index contributed by atoms with van der Waals surface area (Å²) < 4.78 is 15.9. The topological polar surface area (TPSA) is 56.8 Å². The van der Waals surface area contributed by atoms with Crippen LogP contribution in [0.3, 0.4) is 0 Å². The highest BCUT2D eigenvalue weighted by atomic mass is 16.5. The average Bonchev–Trinajstić information content (AvgIpc) is 2.55. The van der Waals surface area contributed by atoms with Crippen molar-refractivity contribution in [2.75, 3.05) is 21.3 Å². The molecule has 0 heterocycles. The maximum Gasteiger partial charge on any atom is 0.251 e. The van der Waals surface area contributed by atoms with Gasteiger partial charge in [0, 0.05) is 11.6 Å². The Hall–Kier alpha value is -1.91. The van der Waals surface area contributed by atoms with Gasteiger partial charge in [-0.25, -0.2) is 0 Å². The zero-order chi connectivity index (χ0) is 16.1. The van der Waals surface area contributed by atoms with Gasteiger partial charge in [-0.15, -0.1) is 0 Å². The molecule has 5 nitrogen and oxygen atoms in total. The lowest BCUT2D eigenvalue weighted by Crippen LogP contribution is -2.41. The molecule has 2 rings (SSSR count). The number of carbonyl (C=O) groups is 1. The van der Waals surface area contributed by atoms with E-state index in [4.69, 9.17) is 14.2 Å². The molecule has 0 unspecified atom stereocenters. The fourth-order valence-electron chi connectivity index (χ4n) is 2.99. The Labute approximate surface area is 131 Å². The molecule has 1 N–H and O–H groups in total. The van der Waals surface area contributed by atoms with Crippen LogP contribution in [-0.4, -0.2) is 33.3 Å². The molecule has 1 saturated carbocycles. The summed E-state index contributed by atoms with van der Waals surface area (Å²) in [5.74, 6) is 1.89. The molecule has 0 bridgehead atoms. The number of rotatable bonds is 5. The van der Waals surface area contributed by atoms with Crippen molar-refractivity contribution >= 4 is 5.91 Å². The number of methoxy groups -OCH3 is 3. The number of amides is 1. The monoisotopic (exact) mass is 307 g/mol. The molecule has 0 radical (unpaired) electrons. The average molecular weight is 307 g/mol. The van der Waals surface area contributed by atoms with Crippen LogP contribution in [0.1, 0.15) is 43.0 Å². The van der Waals surface area contributed by atoms with E-state index in [0.29, 0.717) is 28.7 Å². The first kappa shape index (κ1) is 16.5. The van der Waals surface area contributed by atoms with Crippen LogP contribution in [0.5, 0.6) is 17.2 Å². The molecular formula is C17H25NO4. The van der Waals surface area contributed by atoms with Gasteiger partial charge in [0.1, 0.15) is 0 Å². The van der Waals surface area contributed by atoms with Gasteiger partial charge in [-0.2, -0.15) is 0 Å². The molecule has 1 aliphatic carbocycles. The van der Waals surface area contributed by atoms with E-state index >= 15 is 0 Å². The highest BCUT2D eigenvalue weighted by molar-refractivity contribution is 5.95. The largest absolute Gasteiger partial charge is 0.493 e. The van der Waals surface area contributed by atoms with Crippen LogP contribution in [0, 0.1) is 5.92 Å². The van der Waals surface area contributed by atoms with Gasteiger partial charge in [0.25, 0.3) is 5.91 Å².